The van der Waals surface area contributed by atoms with Crippen LogP contribution in [-0.4, -0.2) is 0 Å². The van der Waals surface area contributed by atoms with Crippen molar-refractivity contribution >= 4 is 11.4 Å². The lowest BCUT2D eigenvalue weighted by atomic mass is 10.0. The number of hydrogen-bond acceptors (Lipinski definition) is 1. The van der Waals surface area contributed by atoms with E-state index in [9.17, 15) is 13.2 Å². The molecule has 2 aromatic rings. The zero-order valence-corrected chi connectivity index (χ0v) is 11.3. The highest BCUT2D eigenvalue weighted by atomic mass is 19.4. The Labute approximate surface area is 116 Å². The number of benzene rings is 2. The van der Waals surface area contributed by atoms with Crippen molar-refractivity contribution in [3.63, 3.8) is 0 Å². The maximum Gasteiger partial charge on any atom is 0.416 e. The SMILES string of the molecule is CC(C)c1ccc(Nc2ccc(C(F)(F)F)cc2)cc1. The summed E-state index contributed by atoms with van der Waals surface area (Å²) in [7, 11) is 0. The number of nitrogens with one attached hydrogen (secondary N) is 1. The van der Waals surface area contributed by atoms with E-state index in [1.54, 1.807) is 0 Å². The van der Waals surface area contributed by atoms with E-state index in [0.717, 1.165) is 17.8 Å². The molecule has 1 N–H and O–H groups in total. The highest BCUT2D eigenvalue weighted by Gasteiger charge is 2.29. The summed E-state index contributed by atoms with van der Waals surface area (Å²) in [5.41, 5.74) is 2.07. The van der Waals surface area contributed by atoms with Crippen LogP contribution in [0.1, 0.15) is 30.9 Å². The van der Waals surface area contributed by atoms with Crippen LogP contribution in [0, 0.1) is 0 Å². The molecule has 0 radical (unpaired) electrons. The van der Waals surface area contributed by atoms with Gasteiger partial charge in [0.25, 0.3) is 0 Å². The van der Waals surface area contributed by atoms with Crippen molar-refractivity contribution in [1.82, 2.24) is 0 Å². The molecule has 0 fully saturated rings. The summed E-state index contributed by atoms with van der Waals surface area (Å²) in [6, 6.07) is 12.9. The molecule has 0 aliphatic rings. The van der Waals surface area contributed by atoms with Crippen LogP contribution in [0.25, 0.3) is 0 Å². The number of rotatable bonds is 3. The Balaban J connectivity index is 2.10. The van der Waals surface area contributed by atoms with Crippen molar-refractivity contribution in [3.05, 3.63) is 59.7 Å². The van der Waals surface area contributed by atoms with Crippen molar-refractivity contribution < 1.29 is 13.2 Å². The molecule has 0 aliphatic heterocycles. The molecule has 20 heavy (non-hydrogen) atoms. The number of hydrogen-bond donors (Lipinski definition) is 1. The van der Waals surface area contributed by atoms with Gasteiger partial charge in [0.05, 0.1) is 5.56 Å². The fraction of sp³-hybridized carbons (Fsp3) is 0.250. The van der Waals surface area contributed by atoms with Crippen LogP contribution >= 0.6 is 0 Å². The van der Waals surface area contributed by atoms with Gasteiger partial charge in [0.15, 0.2) is 0 Å². The molecular formula is C16H16F3N. The molecule has 1 nitrogen and oxygen atoms in total. The minimum absolute atomic E-state index is 0.454. The molecule has 4 heteroatoms. The summed E-state index contributed by atoms with van der Waals surface area (Å²) in [6.07, 6.45) is -4.29. The molecule has 0 spiro atoms. The van der Waals surface area contributed by atoms with Crippen molar-refractivity contribution in [1.29, 1.82) is 0 Å². The zero-order valence-electron chi connectivity index (χ0n) is 11.3. The Morgan fingerprint density at radius 2 is 1.25 bits per heavy atom. The second-order valence-corrected chi connectivity index (χ2v) is 4.98. The van der Waals surface area contributed by atoms with Crippen molar-refractivity contribution in [2.24, 2.45) is 0 Å². The molecule has 0 heterocycles. The molecule has 0 saturated carbocycles. The predicted molar refractivity (Wildman–Crippen MR) is 75.3 cm³/mol. The van der Waals surface area contributed by atoms with Gasteiger partial charge in [0, 0.05) is 11.4 Å². The van der Waals surface area contributed by atoms with E-state index in [-0.39, 0.29) is 0 Å². The van der Waals surface area contributed by atoms with E-state index in [4.69, 9.17) is 0 Å². The van der Waals surface area contributed by atoms with Crippen LogP contribution in [0.2, 0.25) is 0 Å². The second-order valence-electron chi connectivity index (χ2n) is 4.98. The van der Waals surface area contributed by atoms with Gasteiger partial charge >= 0.3 is 6.18 Å². The van der Waals surface area contributed by atoms with Crippen molar-refractivity contribution in [2.45, 2.75) is 25.9 Å². The number of alkyl halides is 3. The summed E-state index contributed by atoms with van der Waals surface area (Å²) in [6.45, 7) is 4.22. The largest absolute Gasteiger partial charge is 0.416 e. The molecule has 2 rings (SSSR count). The van der Waals surface area contributed by atoms with Gasteiger partial charge in [-0.05, 0) is 47.9 Å². The van der Waals surface area contributed by atoms with Gasteiger partial charge in [-0.2, -0.15) is 13.2 Å². The topological polar surface area (TPSA) is 12.0 Å². The molecule has 0 atom stereocenters. The van der Waals surface area contributed by atoms with Crippen molar-refractivity contribution in [2.75, 3.05) is 5.32 Å². The van der Waals surface area contributed by atoms with E-state index in [0.29, 0.717) is 11.6 Å². The van der Waals surface area contributed by atoms with Crippen LogP contribution < -0.4 is 5.32 Å². The van der Waals surface area contributed by atoms with Gasteiger partial charge in [0.2, 0.25) is 0 Å². The van der Waals surface area contributed by atoms with Crippen LogP contribution in [0.3, 0.4) is 0 Å². The Bertz CT molecular complexity index is 554. The summed E-state index contributed by atoms with van der Waals surface area (Å²) in [4.78, 5) is 0. The molecule has 0 amide bonds. The Kier molecular flexibility index (Phi) is 4.02. The fourth-order valence-electron chi connectivity index (χ4n) is 1.86. The van der Waals surface area contributed by atoms with Crippen LogP contribution in [-0.2, 0) is 6.18 Å². The van der Waals surface area contributed by atoms with Gasteiger partial charge in [0.1, 0.15) is 0 Å². The quantitative estimate of drug-likeness (QED) is 0.774. The lowest BCUT2D eigenvalue weighted by Crippen LogP contribution is -2.04. The summed E-state index contributed by atoms with van der Waals surface area (Å²) < 4.78 is 37.3. The Hall–Kier alpha value is -1.97. The molecule has 0 aromatic heterocycles. The highest BCUT2D eigenvalue weighted by molar-refractivity contribution is 5.60. The van der Waals surface area contributed by atoms with E-state index >= 15 is 0 Å². The molecule has 0 unspecified atom stereocenters. The van der Waals surface area contributed by atoms with E-state index < -0.39 is 11.7 Å². The number of halogens is 3. The average molecular weight is 279 g/mol. The van der Waals surface area contributed by atoms with Crippen LogP contribution in [0.4, 0.5) is 24.5 Å². The summed E-state index contributed by atoms with van der Waals surface area (Å²) >= 11 is 0. The molecule has 106 valence electrons. The van der Waals surface area contributed by atoms with Crippen LogP contribution in [0.15, 0.2) is 48.5 Å². The maximum absolute atomic E-state index is 12.4. The molecule has 2 aromatic carbocycles. The normalized spacial score (nSPS) is 11.7. The third-order valence-corrected chi connectivity index (χ3v) is 3.08. The van der Waals surface area contributed by atoms with Gasteiger partial charge in [-0.15, -0.1) is 0 Å². The minimum atomic E-state index is -4.29. The van der Waals surface area contributed by atoms with Crippen molar-refractivity contribution in [3.8, 4) is 0 Å². The maximum atomic E-state index is 12.4. The zero-order chi connectivity index (χ0) is 14.8. The molecular weight excluding hydrogens is 263 g/mol. The lowest BCUT2D eigenvalue weighted by molar-refractivity contribution is -0.137. The van der Waals surface area contributed by atoms with E-state index in [2.05, 4.69) is 19.2 Å². The monoisotopic (exact) mass is 279 g/mol. The van der Waals surface area contributed by atoms with Gasteiger partial charge in [-0.25, -0.2) is 0 Å². The van der Waals surface area contributed by atoms with Gasteiger partial charge in [-0.3, -0.25) is 0 Å². The summed E-state index contributed by atoms with van der Waals surface area (Å²) in [5, 5.41) is 3.08. The molecule has 0 saturated heterocycles. The second kappa shape index (κ2) is 5.57. The third-order valence-electron chi connectivity index (χ3n) is 3.08. The summed E-state index contributed by atoms with van der Waals surface area (Å²) in [5.74, 6) is 0.454. The van der Waals surface area contributed by atoms with E-state index in [1.165, 1.54) is 17.7 Å². The smallest absolute Gasteiger partial charge is 0.356 e. The third kappa shape index (κ3) is 3.53. The molecule has 0 bridgehead atoms. The molecule has 0 aliphatic carbocycles. The first-order chi connectivity index (χ1) is 9.36. The van der Waals surface area contributed by atoms with Crippen LogP contribution in [0.5, 0.6) is 0 Å². The van der Waals surface area contributed by atoms with Gasteiger partial charge < -0.3 is 5.32 Å². The lowest BCUT2D eigenvalue weighted by Gasteiger charge is -2.11. The first-order valence-electron chi connectivity index (χ1n) is 6.40. The Morgan fingerprint density at radius 3 is 1.65 bits per heavy atom. The van der Waals surface area contributed by atoms with Gasteiger partial charge in [-0.1, -0.05) is 26.0 Å². The highest BCUT2D eigenvalue weighted by Crippen LogP contribution is 2.30. The van der Waals surface area contributed by atoms with E-state index in [1.807, 2.05) is 24.3 Å². The fourth-order valence-corrected chi connectivity index (χ4v) is 1.86. The number of anilines is 2. The average Bonchev–Trinajstić information content (AvgIpc) is 2.39. The minimum Gasteiger partial charge on any atom is -0.356 e. The standard InChI is InChI=1S/C16H16F3N/c1-11(2)12-3-7-14(8-4-12)20-15-9-5-13(6-10-15)16(17,18)19/h3-11,20H,1-2H3. The predicted octanol–water partition coefficient (Wildman–Crippen LogP) is 5.57. The first-order valence-corrected chi connectivity index (χ1v) is 6.40. The first kappa shape index (κ1) is 14.4. The Morgan fingerprint density at radius 1 is 0.800 bits per heavy atom.